The van der Waals surface area contributed by atoms with Crippen LogP contribution in [0.2, 0.25) is 0 Å². The Morgan fingerprint density at radius 1 is 0.781 bits per heavy atom. The molecule has 0 aromatic heterocycles. The van der Waals surface area contributed by atoms with Gasteiger partial charge in [-0.2, -0.15) is 0 Å². The molecule has 0 spiro atoms. The lowest BCUT2D eigenvalue weighted by atomic mass is 10.0. The summed E-state index contributed by atoms with van der Waals surface area (Å²) in [6.07, 6.45) is 1.06. The number of aliphatic carboxylic acids is 1. The molecule has 0 radical (unpaired) electrons. The van der Waals surface area contributed by atoms with Crippen LogP contribution in [-0.2, 0) is 23.9 Å². The van der Waals surface area contributed by atoms with E-state index >= 15 is 0 Å². The largest absolute Gasteiger partial charge is 0.493 e. The van der Waals surface area contributed by atoms with Crippen LogP contribution in [0.4, 0.5) is 0 Å². The maximum absolute atomic E-state index is 12.7. The molecule has 0 saturated carbocycles. The molecule has 0 amide bonds. The van der Waals surface area contributed by atoms with E-state index in [0.717, 1.165) is 6.08 Å². The lowest BCUT2D eigenvalue weighted by Crippen LogP contribution is -2.14. The van der Waals surface area contributed by atoms with Gasteiger partial charge in [0.2, 0.25) is 0 Å². The highest BCUT2D eigenvalue weighted by atomic mass is 16.6. The second-order valence-corrected chi connectivity index (χ2v) is 6.08. The van der Waals surface area contributed by atoms with Gasteiger partial charge in [-0.05, 0) is 26.8 Å². The molecule has 10 heteroatoms. The van der Waals surface area contributed by atoms with Crippen LogP contribution in [-0.4, -0.2) is 61.8 Å². The molecule has 0 saturated heterocycles. The minimum absolute atomic E-state index is 0.125. The topological polar surface area (TPSA) is 135 Å². The lowest BCUT2D eigenvalue weighted by Gasteiger charge is -2.16. The molecular formula is C22H28O10. The van der Waals surface area contributed by atoms with Gasteiger partial charge in [0.25, 0.3) is 0 Å². The van der Waals surface area contributed by atoms with Crippen molar-refractivity contribution < 1.29 is 48.0 Å². The molecule has 10 nitrogen and oxygen atoms in total. The Bertz CT molecular complexity index is 828. The molecule has 0 aliphatic rings. The normalized spacial score (nSPS) is 10.5. The van der Waals surface area contributed by atoms with E-state index in [2.05, 4.69) is 4.74 Å². The summed E-state index contributed by atoms with van der Waals surface area (Å²) in [6, 6.07) is 3.13. The van der Waals surface area contributed by atoms with Crippen molar-refractivity contribution in [2.75, 3.05) is 33.0 Å². The Kier molecular flexibility index (Phi) is 12.0. The molecule has 0 aliphatic heterocycles. The van der Waals surface area contributed by atoms with Crippen LogP contribution in [0.15, 0.2) is 24.3 Å². The predicted octanol–water partition coefficient (Wildman–Crippen LogP) is 2.57. The number of hydrogen-bond donors (Lipinski definition) is 1. The summed E-state index contributed by atoms with van der Waals surface area (Å²) in [4.78, 5) is 46.1. The molecule has 1 N–H and O–H groups in total. The number of carbonyl (C=O) groups excluding carboxylic acids is 3. The molecule has 0 unspecified atom stereocenters. The zero-order valence-electron chi connectivity index (χ0n) is 18.4. The molecule has 32 heavy (non-hydrogen) atoms. The first-order valence-corrected chi connectivity index (χ1v) is 10.1. The van der Waals surface area contributed by atoms with Crippen LogP contribution in [0.3, 0.4) is 0 Å². The van der Waals surface area contributed by atoms with E-state index in [1.807, 2.05) is 13.8 Å². The van der Waals surface area contributed by atoms with Gasteiger partial charge in [-0.15, -0.1) is 0 Å². The Balaban J connectivity index is 2.65. The van der Waals surface area contributed by atoms with Crippen molar-refractivity contribution in [3.63, 3.8) is 0 Å². The van der Waals surface area contributed by atoms with Crippen molar-refractivity contribution in [1.82, 2.24) is 0 Å². The molecule has 0 aliphatic carbocycles. The predicted molar refractivity (Wildman–Crippen MR) is 112 cm³/mol. The third-order valence-electron chi connectivity index (χ3n) is 3.75. The van der Waals surface area contributed by atoms with Gasteiger partial charge >= 0.3 is 17.9 Å². The summed E-state index contributed by atoms with van der Waals surface area (Å²) < 4.78 is 26.2. The summed E-state index contributed by atoms with van der Waals surface area (Å²) in [5.41, 5.74) is 0.269. The number of carboxylic acids is 1. The number of carboxylic acid groups (broad SMARTS) is 1. The zero-order valence-corrected chi connectivity index (χ0v) is 18.4. The number of esters is 2. The minimum atomic E-state index is -1.29. The molecule has 1 rings (SSSR count). The summed E-state index contributed by atoms with van der Waals surface area (Å²) in [5, 5.41) is 8.41. The Labute approximate surface area is 186 Å². The number of rotatable bonds is 15. The van der Waals surface area contributed by atoms with Crippen LogP contribution in [0.5, 0.6) is 17.2 Å². The summed E-state index contributed by atoms with van der Waals surface area (Å²) in [5.74, 6) is -1.94. The van der Waals surface area contributed by atoms with E-state index in [1.165, 1.54) is 6.07 Å². The average molecular weight is 452 g/mol. The van der Waals surface area contributed by atoms with Crippen molar-refractivity contribution in [3.8, 4) is 17.2 Å². The quantitative estimate of drug-likeness (QED) is 0.183. The Morgan fingerprint density at radius 3 is 1.94 bits per heavy atom. The third kappa shape index (κ3) is 9.50. The molecule has 0 bridgehead atoms. The fraction of sp³-hybridized carbons (Fsp3) is 0.455. The number of hydrogen-bond acceptors (Lipinski definition) is 9. The van der Waals surface area contributed by atoms with E-state index in [4.69, 9.17) is 24.1 Å². The fourth-order valence-electron chi connectivity index (χ4n) is 2.48. The second kappa shape index (κ2) is 14.4. The van der Waals surface area contributed by atoms with Crippen molar-refractivity contribution in [3.05, 3.63) is 29.8 Å². The smallest absolute Gasteiger partial charge is 0.331 e. The lowest BCUT2D eigenvalue weighted by molar-refractivity contribution is -0.149. The van der Waals surface area contributed by atoms with Gasteiger partial charge in [-0.25, -0.2) is 9.59 Å². The zero-order chi connectivity index (χ0) is 23.9. The van der Waals surface area contributed by atoms with Crippen molar-refractivity contribution in [1.29, 1.82) is 0 Å². The first kappa shape index (κ1) is 26.5. The van der Waals surface area contributed by atoms with Gasteiger partial charge in [0.05, 0.1) is 31.8 Å². The molecule has 0 heterocycles. The number of carbonyl (C=O) groups is 4. The van der Waals surface area contributed by atoms with Gasteiger partial charge < -0.3 is 28.8 Å². The van der Waals surface area contributed by atoms with Crippen molar-refractivity contribution >= 4 is 23.7 Å². The second-order valence-electron chi connectivity index (χ2n) is 6.08. The summed E-state index contributed by atoms with van der Waals surface area (Å²) in [6.45, 7) is 6.09. The highest BCUT2D eigenvalue weighted by Gasteiger charge is 2.19. The highest BCUT2D eigenvalue weighted by molar-refractivity contribution is 6.00. The van der Waals surface area contributed by atoms with Gasteiger partial charge in [-0.3, -0.25) is 9.59 Å². The summed E-state index contributed by atoms with van der Waals surface area (Å²) in [7, 11) is 0. The molecular weight excluding hydrogens is 424 g/mol. The monoisotopic (exact) mass is 452 g/mol. The van der Waals surface area contributed by atoms with E-state index in [-0.39, 0.29) is 37.4 Å². The molecule has 1 aromatic carbocycles. The maximum Gasteiger partial charge on any atom is 0.331 e. The van der Waals surface area contributed by atoms with Crippen molar-refractivity contribution in [2.45, 2.75) is 33.6 Å². The van der Waals surface area contributed by atoms with E-state index in [9.17, 15) is 19.2 Å². The van der Waals surface area contributed by atoms with Gasteiger partial charge in [0.15, 0.2) is 17.3 Å². The molecule has 176 valence electrons. The molecule has 0 atom stereocenters. The number of ether oxygens (including phenoxy) is 5. The molecule has 0 fully saturated rings. The van der Waals surface area contributed by atoms with Gasteiger partial charge in [0, 0.05) is 24.6 Å². The number of ketones is 1. The van der Waals surface area contributed by atoms with Crippen molar-refractivity contribution in [2.24, 2.45) is 0 Å². The van der Waals surface area contributed by atoms with E-state index in [1.54, 1.807) is 13.0 Å². The number of benzene rings is 1. The van der Waals surface area contributed by atoms with Crippen LogP contribution in [0.25, 0.3) is 0 Å². The Hall–Kier alpha value is -3.56. The first-order valence-electron chi connectivity index (χ1n) is 10.1. The van der Waals surface area contributed by atoms with Crippen LogP contribution in [0.1, 0.15) is 44.0 Å². The highest BCUT2D eigenvalue weighted by Crippen LogP contribution is 2.36. The third-order valence-corrected chi connectivity index (χ3v) is 3.75. The van der Waals surface area contributed by atoms with Gasteiger partial charge in [0.1, 0.15) is 19.0 Å². The van der Waals surface area contributed by atoms with E-state index < -0.39 is 17.9 Å². The van der Waals surface area contributed by atoms with Gasteiger partial charge in [-0.1, -0.05) is 0 Å². The van der Waals surface area contributed by atoms with E-state index in [0.29, 0.717) is 43.1 Å². The first-order chi connectivity index (χ1) is 15.3. The minimum Gasteiger partial charge on any atom is -0.493 e. The maximum atomic E-state index is 12.7. The fourth-order valence-corrected chi connectivity index (χ4v) is 2.48. The van der Waals surface area contributed by atoms with Crippen LogP contribution >= 0.6 is 0 Å². The summed E-state index contributed by atoms with van der Waals surface area (Å²) >= 11 is 0. The SMILES string of the molecule is CCOc1cc(OCC)c(C(=O)CCC(=O)OCCOC(=O)/C=C\C(=O)O)cc1OCC. The number of Topliss-reactive ketones (excluding diaryl/α,β-unsaturated/α-hetero) is 1. The standard InChI is InChI=1S/C22H28O10/c1-4-28-17-14-19(30-6-3)18(29-5-2)13-15(17)16(23)7-9-21(26)31-11-12-32-22(27)10-8-20(24)25/h8,10,13-14H,4-7,9,11-12H2,1-3H3,(H,24,25)/b10-8-. The van der Waals surface area contributed by atoms with Crippen LogP contribution < -0.4 is 14.2 Å². The Morgan fingerprint density at radius 2 is 1.34 bits per heavy atom. The van der Waals surface area contributed by atoms with Crippen LogP contribution in [0, 0.1) is 0 Å². The molecule has 1 aromatic rings. The average Bonchev–Trinajstić information content (AvgIpc) is 2.75.